The van der Waals surface area contributed by atoms with Gasteiger partial charge < -0.3 is 26.2 Å². The fraction of sp³-hybridized carbons (Fsp3) is 0.286. The molecule has 3 atom stereocenters. The van der Waals surface area contributed by atoms with Crippen LogP contribution in [0.5, 0.6) is 11.5 Å². The molecule has 2 aliphatic rings. The molecule has 2 aromatic carbocycles. The molecule has 0 bridgehead atoms. The lowest BCUT2D eigenvalue weighted by molar-refractivity contribution is -0.132. The molecule has 9 nitrogen and oxygen atoms in total. The van der Waals surface area contributed by atoms with Crippen molar-refractivity contribution >= 4 is 28.2 Å². The van der Waals surface area contributed by atoms with E-state index in [0.29, 0.717) is 10.9 Å². The third-order valence-electron chi connectivity index (χ3n) is 6.05. The summed E-state index contributed by atoms with van der Waals surface area (Å²) in [5, 5.41) is 43.4. The monoisotopic (exact) mass is 412 g/mol. The van der Waals surface area contributed by atoms with Crippen LogP contribution in [0.15, 0.2) is 35.6 Å². The highest BCUT2D eigenvalue weighted by atomic mass is 16.3. The summed E-state index contributed by atoms with van der Waals surface area (Å²) in [5.74, 6) is -6.20. The van der Waals surface area contributed by atoms with Gasteiger partial charge in [-0.2, -0.15) is 0 Å². The summed E-state index contributed by atoms with van der Waals surface area (Å²) in [5.41, 5.74) is 1.83. The Bertz CT molecular complexity index is 1180. The van der Waals surface area contributed by atoms with Crippen LogP contribution < -0.4 is 5.73 Å². The minimum atomic E-state index is -2.64. The number of likely N-dealkylation sites (N-methyl/N-ethyl adjacent to an activating group) is 1. The molecule has 30 heavy (non-hydrogen) atoms. The average Bonchev–Trinajstić information content (AvgIpc) is 2.64. The van der Waals surface area contributed by atoms with Crippen LogP contribution in [0.25, 0.3) is 10.8 Å². The molecule has 0 saturated carbocycles. The molecule has 2 aliphatic carbocycles. The smallest absolute Gasteiger partial charge is 0.255 e. The Balaban J connectivity index is 2.07. The number of carbonyl (C=O) groups is 3. The van der Waals surface area contributed by atoms with Crippen molar-refractivity contribution in [1.82, 2.24) is 4.90 Å². The predicted molar refractivity (Wildman–Crippen MR) is 105 cm³/mol. The number of fused-ring (bicyclic) bond motifs is 3. The van der Waals surface area contributed by atoms with Gasteiger partial charge in [-0.3, -0.25) is 19.3 Å². The number of phenolic OH excluding ortho intramolecular Hbond substituents is 2. The fourth-order valence-electron chi connectivity index (χ4n) is 4.72. The van der Waals surface area contributed by atoms with Crippen LogP contribution in [0.3, 0.4) is 0 Å². The number of rotatable bonds is 2. The molecule has 1 amide bonds. The van der Waals surface area contributed by atoms with Gasteiger partial charge in [0.15, 0.2) is 11.4 Å². The molecular weight excluding hydrogens is 392 g/mol. The van der Waals surface area contributed by atoms with E-state index in [0.717, 1.165) is 0 Å². The predicted octanol–water partition coefficient (Wildman–Crippen LogP) is 0.147. The highest BCUT2D eigenvalue weighted by molar-refractivity contribution is 6.24. The molecule has 0 aromatic heterocycles. The Morgan fingerprint density at radius 2 is 1.87 bits per heavy atom. The number of benzene rings is 2. The molecule has 0 saturated heterocycles. The molecule has 6 N–H and O–H groups in total. The number of aliphatic hydroxyl groups is 2. The van der Waals surface area contributed by atoms with Gasteiger partial charge in [-0.25, -0.2) is 0 Å². The van der Waals surface area contributed by atoms with E-state index in [1.165, 1.54) is 11.0 Å². The summed E-state index contributed by atoms with van der Waals surface area (Å²) in [7, 11) is 3.08. The van der Waals surface area contributed by atoms with Crippen molar-refractivity contribution in [2.45, 2.75) is 18.1 Å². The number of nitrogens with two attached hydrogens (primary N) is 1. The number of phenols is 2. The molecular formula is C21H20N2O7. The Morgan fingerprint density at radius 3 is 2.47 bits per heavy atom. The van der Waals surface area contributed by atoms with Crippen molar-refractivity contribution in [2.75, 3.05) is 14.1 Å². The molecule has 0 radical (unpaired) electrons. The number of hydrogen-bond donors (Lipinski definition) is 5. The first-order valence-electron chi connectivity index (χ1n) is 9.19. The van der Waals surface area contributed by atoms with Crippen LogP contribution in [0.4, 0.5) is 0 Å². The standard InChI is InChI=1S/C21H20N2O7/c1-23(2)15-10-7-9-6-8-4-3-5-11(24)12(8)16(25)13(9)18(27)21(10,30)19(28)14(17(15)26)20(22)29/h3-6,10,15,24-25,28,30H,7H2,1-2H3,(H2,22,29). The molecule has 156 valence electrons. The maximum absolute atomic E-state index is 13.4. The van der Waals surface area contributed by atoms with Crippen LogP contribution in [0.1, 0.15) is 15.9 Å². The van der Waals surface area contributed by atoms with Gasteiger partial charge in [0.05, 0.1) is 17.0 Å². The van der Waals surface area contributed by atoms with E-state index >= 15 is 0 Å². The Labute approximate surface area is 170 Å². The van der Waals surface area contributed by atoms with Crippen molar-refractivity contribution in [3.63, 3.8) is 0 Å². The second-order valence-electron chi connectivity index (χ2n) is 7.90. The summed E-state index contributed by atoms with van der Waals surface area (Å²) >= 11 is 0. The Morgan fingerprint density at radius 1 is 1.20 bits per heavy atom. The highest BCUT2D eigenvalue weighted by Gasteiger charge is 2.62. The van der Waals surface area contributed by atoms with Crippen molar-refractivity contribution in [3.05, 3.63) is 46.7 Å². The third-order valence-corrected chi connectivity index (χ3v) is 6.05. The topological polar surface area (TPSA) is 161 Å². The van der Waals surface area contributed by atoms with Gasteiger partial charge in [-0.15, -0.1) is 0 Å². The first kappa shape index (κ1) is 19.9. The molecule has 0 spiro atoms. The fourth-order valence-corrected chi connectivity index (χ4v) is 4.72. The van der Waals surface area contributed by atoms with Gasteiger partial charge in [-0.1, -0.05) is 18.2 Å². The van der Waals surface area contributed by atoms with E-state index < -0.39 is 52.1 Å². The molecule has 0 aliphatic heterocycles. The third kappa shape index (κ3) is 2.33. The molecule has 0 heterocycles. The molecule has 4 rings (SSSR count). The zero-order chi connectivity index (χ0) is 22.1. The van der Waals surface area contributed by atoms with E-state index in [1.54, 1.807) is 32.3 Å². The van der Waals surface area contributed by atoms with Crippen LogP contribution in [-0.4, -0.2) is 68.5 Å². The molecule has 0 fully saturated rings. The van der Waals surface area contributed by atoms with Crippen molar-refractivity contribution in [3.8, 4) is 11.5 Å². The van der Waals surface area contributed by atoms with Crippen LogP contribution >= 0.6 is 0 Å². The van der Waals surface area contributed by atoms with Crippen LogP contribution in [0.2, 0.25) is 0 Å². The number of amides is 1. The largest absolute Gasteiger partial charge is 0.508 e. The Kier molecular flexibility index (Phi) is 4.16. The molecule has 3 unspecified atom stereocenters. The van der Waals surface area contributed by atoms with Gasteiger partial charge >= 0.3 is 0 Å². The number of carbonyl (C=O) groups excluding carboxylic acids is 3. The minimum Gasteiger partial charge on any atom is -0.508 e. The second-order valence-corrected chi connectivity index (χ2v) is 7.90. The van der Waals surface area contributed by atoms with E-state index in [1.807, 2.05) is 0 Å². The number of Topliss-reactive ketones (excluding diaryl/α,β-unsaturated/α-hetero) is 2. The summed E-state index contributed by atoms with van der Waals surface area (Å²) in [6.07, 6.45) is -0.0541. The lowest BCUT2D eigenvalue weighted by Crippen LogP contribution is -2.64. The number of ketones is 2. The minimum absolute atomic E-state index is 0.0151. The first-order chi connectivity index (χ1) is 14.0. The van der Waals surface area contributed by atoms with E-state index in [9.17, 15) is 34.8 Å². The van der Waals surface area contributed by atoms with Gasteiger partial charge in [0.25, 0.3) is 5.91 Å². The normalized spacial score (nSPS) is 26.1. The summed E-state index contributed by atoms with van der Waals surface area (Å²) < 4.78 is 0. The summed E-state index contributed by atoms with van der Waals surface area (Å²) in [4.78, 5) is 39.6. The lowest BCUT2D eigenvalue weighted by Gasteiger charge is -2.47. The summed E-state index contributed by atoms with van der Waals surface area (Å²) in [6, 6.07) is 5.02. The number of aromatic hydroxyl groups is 2. The van der Waals surface area contributed by atoms with Crippen molar-refractivity contribution in [2.24, 2.45) is 11.7 Å². The number of aliphatic hydroxyl groups excluding tert-OH is 1. The van der Waals surface area contributed by atoms with Gasteiger partial charge in [0.2, 0.25) is 5.78 Å². The van der Waals surface area contributed by atoms with Crippen LogP contribution in [-0.2, 0) is 16.0 Å². The van der Waals surface area contributed by atoms with E-state index in [-0.39, 0.29) is 23.1 Å². The maximum Gasteiger partial charge on any atom is 0.255 e. The zero-order valence-electron chi connectivity index (χ0n) is 16.2. The highest BCUT2D eigenvalue weighted by Crippen LogP contribution is 2.49. The van der Waals surface area contributed by atoms with Gasteiger partial charge in [0.1, 0.15) is 22.8 Å². The summed E-state index contributed by atoms with van der Waals surface area (Å²) in [6.45, 7) is 0. The number of nitrogens with zero attached hydrogens (tertiary/aromatic N) is 1. The van der Waals surface area contributed by atoms with Gasteiger partial charge in [-0.05, 0) is 37.5 Å². The molecule has 9 heteroatoms. The number of hydrogen-bond acceptors (Lipinski definition) is 8. The number of primary amides is 1. The van der Waals surface area contributed by atoms with Crippen LogP contribution in [0, 0.1) is 5.92 Å². The van der Waals surface area contributed by atoms with Gasteiger partial charge in [0, 0.05) is 5.92 Å². The lowest BCUT2D eigenvalue weighted by atomic mass is 9.62. The maximum atomic E-state index is 13.4. The average molecular weight is 412 g/mol. The van der Waals surface area contributed by atoms with E-state index in [4.69, 9.17) is 5.73 Å². The van der Waals surface area contributed by atoms with Crippen molar-refractivity contribution in [1.29, 1.82) is 0 Å². The molecule has 2 aromatic rings. The first-order valence-corrected chi connectivity index (χ1v) is 9.19. The second kappa shape index (κ2) is 6.28. The van der Waals surface area contributed by atoms with Crippen molar-refractivity contribution < 1.29 is 34.8 Å². The SMILES string of the molecule is CN(C)C1C(=O)C(C(N)=O)=C(O)C2(O)C(=O)c3c(cc4cccc(O)c4c3O)CC12. The zero-order valence-corrected chi connectivity index (χ0v) is 16.2. The van der Waals surface area contributed by atoms with E-state index in [2.05, 4.69) is 0 Å². The quantitative estimate of drug-likeness (QED) is 0.435. The Hall–Kier alpha value is -3.43.